The Balaban J connectivity index is 2.98. The SMILES string of the molecule is CCC(COC)NS(=O)(=O)c1ncccc1NC. The second-order valence-electron chi connectivity index (χ2n) is 3.79. The van der Waals surface area contributed by atoms with Gasteiger partial charge in [-0.15, -0.1) is 0 Å². The molecule has 0 spiro atoms. The van der Waals surface area contributed by atoms with E-state index < -0.39 is 10.0 Å². The summed E-state index contributed by atoms with van der Waals surface area (Å²) in [5.41, 5.74) is 0.470. The molecule has 2 N–H and O–H groups in total. The second kappa shape index (κ2) is 6.67. The number of sulfonamides is 1. The molecule has 0 saturated carbocycles. The first-order chi connectivity index (χ1) is 8.55. The number of rotatable bonds is 7. The molecule has 102 valence electrons. The van der Waals surface area contributed by atoms with E-state index in [1.54, 1.807) is 19.2 Å². The van der Waals surface area contributed by atoms with Crippen molar-refractivity contribution < 1.29 is 13.2 Å². The zero-order valence-corrected chi connectivity index (χ0v) is 11.6. The number of nitrogens with zero attached hydrogens (tertiary/aromatic N) is 1. The minimum absolute atomic E-state index is 0.00190. The van der Waals surface area contributed by atoms with Crippen LogP contribution in [-0.4, -0.2) is 40.2 Å². The van der Waals surface area contributed by atoms with Crippen molar-refractivity contribution in [1.29, 1.82) is 0 Å². The molecule has 0 bridgehead atoms. The summed E-state index contributed by atoms with van der Waals surface area (Å²) in [5, 5.41) is 2.81. The van der Waals surface area contributed by atoms with E-state index in [-0.39, 0.29) is 11.1 Å². The number of nitrogens with one attached hydrogen (secondary N) is 2. The molecule has 1 heterocycles. The largest absolute Gasteiger partial charge is 0.386 e. The number of hydrogen-bond acceptors (Lipinski definition) is 5. The molecule has 1 aromatic rings. The highest BCUT2D eigenvalue weighted by atomic mass is 32.2. The maximum Gasteiger partial charge on any atom is 0.260 e. The molecule has 0 aliphatic rings. The fourth-order valence-electron chi connectivity index (χ4n) is 1.51. The summed E-state index contributed by atoms with van der Waals surface area (Å²) >= 11 is 0. The van der Waals surface area contributed by atoms with Crippen LogP contribution in [0.1, 0.15) is 13.3 Å². The summed E-state index contributed by atoms with van der Waals surface area (Å²) in [4.78, 5) is 3.91. The van der Waals surface area contributed by atoms with Gasteiger partial charge in [-0.25, -0.2) is 18.1 Å². The summed E-state index contributed by atoms with van der Waals surface area (Å²) in [6, 6.07) is 3.09. The molecular weight excluding hydrogens is 254 g/mol. The van der Waals surface area contributed by atoms with E-state index in [0.717, 1.165) is 0 Å². The first-order valence-corrected chi connectivity index (χ1v) is 7.17. The highest BCUT2D eigenvalue weighted by Crippen LogP contribution is 2.17. The molecule has 0 fully saturated rings. The smallest absolute Gasteiger partial charge is 0.260 e. The van der Waals surface area contributed by atoms with Gasteiger partial charge in [-0.3, -0.25) is 0 Å². The van der Waals surface area contributed by atoms with Crippen molar-refractivity contribution in [2.24, 2.45) is 0 Å². The summed E-state index contributed by atoms with van der Waals surface area (Å²) in [6.45, 7) is 2.22. The van der Waals surface area contributed by atoms with Crippen LogP contribution in [0.3, 0.4) is 0 Å². The van der Waals surface area contributed by atoms with Crippen molar-refractivity contribution in [3.05, 3.63) is 18.3 Å². The summed E-state index contributed by atoms with van der Waals surface area (Å²) in [6.07, 6.45) is 2.10. The van der Waals surface area contributed by atoms with Crippen LogP contribution in [0.2, 0.25) is 0 Å². The van der Waals surface area contributed by atoms with Crippen molar-refractivity contribution in [1.82, 2.24) is 9.71 Å². The fraction of sp³-hybridized carbons (Fsp3) is 0.545. The number of hydrogen-bond donors (Lipinski definition) is 2. The van der Waals surface area contributed by atoms with Crippen LogP contribution in [0, 0.1) is 0 Å². The Labute approximate surface area is 108 Å². The Bertz CT molecular complexity index is 476. The molecule has 7 heteroatoms. The summed E-state index contributed by atoms with van der Waals surface area (Å²) < 4.78 is 31.9. The van der Waals surface area contributed by atoms with Gasteiger partial charge in [0.25, 0.3) is 10.0 Å². The number of ether oxygens (including phenoxy) is 1. The normalized spacial score (nSPS) is 13.3. The van der Waals surface area contributed by atoms with Crippen molar-refractivity contribution in [3.63, 3.8) is 0 Å². The third-order valence-electron chi connectivity index (χ3n) is 2.48. The van der Waals surface area contributed by atoms with Gasteiger partial charge in [-0.1, -0.05) is 6.92 Å². The van der Waals surface area contributed by atoms with Gasteiger partial charge in [0.1, 0.15) is 0 Å². The van der Waals surface area contributed by atoms with Gasteiger partial charge in [0.15, 0.2) is 5.03 Å². The quantitative estimate of drug-likeness (QED) is 0.769. The molecule has 1 rings (SSSR count). The first-order valence-electron chi connectivity index (χ1n) is 5.69. The lowest BCUT2D eigenvalue weighted by Crippen LogP contribution is -2.38. The molecule has 18 heavy (non-hydrogen) atoms. The van der Waals surface area contributed by atoms with Gasteiger partial charge in [0.2, 0.25) is 0 Å². The molecule has 0 aliphatic heterocycles. The van der Waals surface area contributed by atoms with Gasteiger partial charge >= 0.3 is 0 Å². The molecule has 0 saturated heterocycles. The molecule has 0 radical (unpaired) electrons. The molecule has 6 nitrogen and oxygen atoms in total. The van der Waals surface area contributed by atoms with Crippen LogP contribution in [0.25, 0.3) is 0 Å². The predicted molar refractivity (Wildman–Crippen MR) is 70.1 cm³/mol. The molecule has 1 atom stereocenters. The van der Waals surface area contributed by atoms with Gasteiger partial charge in [0.05, 0.1) is 12.3 Å². The lowest BCUT2D eigenvalue weighted by atomic mass is 10.3. The van der Waals surface area contributed by atoms with Gasteiger partial charge < -0.3 is 10.1 Å². The van der Waals surface area contributed by atoms with Gasteiger partial charge in [0, 0.05) is 26.4 Å². The minimum Gasteiger partial charge on any atom is -0.386 e. The van der Waals surface area contributed by atoms with E-state index in [0.29, 0.717) is 18.7 Å². The number of aromatic nitrogens is 1. The lowest BCUT2D eigenvalue weighted by molar-refractivity contribution is 0.173. The fourth-order valence-corrected chi connectivity index (χ4v) is 2.95. The van der Waals surface area contributed by atoms with E-state index in [2.05, 4.69) is 15.0 Å². The average Bonchev–Trinajstić information content (AvgIpc) is 2.38. The first kappa shape index (κ1) is 14.9. The Kier molecular flexibility index (Phi) is 5.52. The average molecular weight is 273 g/mol. The topological polar surface area (TPSA) is 80.3 Å². The monoisotopic (exact) mass is 273 g/mol. The Hall–Kier alpha value is -1.18. The molecule has 0 amide bonds. The zero-order valence-electron chi connectivity index (χ0n) is 10.8. The zero-order chi connectivity index (χ0) is 13.6. The minimum atomic E-state index is -3.64. The van der Waals surface area contributed by atoms with E-state index >= 15 is 0 Å². The van der Waals surface area contributed by atoms with E-state index in [4.69, 9.17) is 4.74 Å². The third-order valence-corrected chi connectivity index (χ3v) is 3.96. The van der Waals surface area contributed by atoms with Crippen LogP contribution in [-0.2, 0) is 14.8 Å². The molecular formula is C11H19N3O3S. The van der Waals surface area contributed by atoms with E-state index in [9.17, 15) is 8.42 Å². The second-order valence-corrected chi connectivity index (χ2v) is 5.42. The lowest BCUT2D eigenvalue weighted by Gasteiger charge is -2.16. The van der Waals surface area contributed by atoms with Crippen LogP contribution < -0.4 is 10.0 Å². The predicted octanol–water partition coefficient (Wildman–Crippen LogP) is 0.827. The highest BCUT2D eigenvalue weighted by Gasteiger charge is 2.22. The number of methoxy groups -OCH3 is 1. The molecule has 0 aromatic carbocycles. The van der Waals surface area contributed by atoms with Crippen LogP contribution in [0.5, 0.6) is 0 Å². The van der Waals surface area contributed by atoms with E-state index in [1.807, 2.05) is 6.92 Å². The third kappa shape index (κ3) is 3.66. The van der Waals surface area contributed by atoms with Gasteiger partial charge in [-0.05, 0) is 18.6 Å². The van der Waals surface area contributed by atoms with Crippen LogP contribution in [0.4, 0.5) is 5.69 Å². The van der Waals surface area contributed by atoms with Crippen LogP contribution in [0.15, 0.2) is 23.4 Å². The van der Waals surface area contributed by atoms with Crippen molar-refractivity contribution in [2.75, 3.05) is 26.1 Å². The molecule has 1 unspecified atom stereocenters. The maximum atomic E-state index is 12.2. The van der Waals surface area contributed by atoms with Crippen molar-refractivity contribution >= 4 is 15.7 Å². The van der Waals surface area contributed by atoms with Crippen LogP contribution >= 0.6 is 0 Å². The number of anilines is 1. The summed E-state index contributed by atoms with van der Waals surface area (Å²) in [7, 11) is -0.446. The molecule has 1 aromatic heterocycles. The maximum absolute atomic E-state index is 12.2. The van der Waals surface area contributed by atoms with Gasteiger partial charge in [-0.2, -0.15) is 0 Å². The molecule has 0 aliphatic carbocycles. The Morgan fingerprint density at radius 2 is 2.22 bits per heavy atom. The Morgan fingerprint density at radius 3 is 2.78 bits per heavy atom. The van der Waals surface area contributed by atoms with Crippen molar-refractivity contribution in [3.8, 4) is 0 Å². The Morgan fingerprint density at radius 1 is 1.50 bits per heavy atom. The standard InChI is InChI=1S/C11H19N3O3S/c1-4-9(8-17-3)14-18(15,16)11-10(12-2)6-5-7-13-11/h5-7,9,12,14H,4,8H2,1-3H3. The highest BCUT2D eigenvalue weighted by molar-refractivity contribution is 7.89. The van der Waals surface area contributed by atoms with Crippen molar-refractivity contribution in [2.45, 2.75) is 24.4 Å². The summed E-state index contributed by atoms with van der Waals surface area (Å²) in [5.74, 6) is 0. The van der Waals surface area contributed by atoms with E-state index in [1.165, 1.54) is 13.3 Å². The number of pyridine rings is 1.